The topological polar surface area (TPSA) is 66.4 Å². The lowest BCUT2D eigenvalue weighted by atomic mass is 10.2. The van der Waals surface area contributed by atoms with Gasteiger partial charge in [-0.05, 0) is 44.9 Å². The lowest BCUT2D eigenvalue weighted by Crippen LogP contribution is -2.32. The molecule has 2 N–H and O–H groups in total. The van der Waals surface area contributed by atoms with Crippen LogP contribution in [0, 0.1) is 0 Å². The van der Waals surface area contributed by atoms with Gasteiger partial charge in [-0.3, -0.25) is 14.9 Å². The van der Waals surface area contributed by atoms with Crippen molar-refractivity contribution < 1.29 is 14.7 Å². The highest BCUT2D eigenvalue weighted by molar-refractivity contribution is 5.95. The quantitative estimate of drug-likeness (QED) is 0.385. The average Bonchev–Trinajstić information content (AvgIpc) is 2.69. The maximum Gasteiger partial charge on any atom is 0.252 e. The van der Waals surface area contributed by atoms with E-state index >= 15 is 0 Å². The van der Waals surface area contributed by atoms with E-state index in [9.17, 15) is 9.59 Å². The van der Waals surface area contributed by atoms with Crippen LogP contribution in [0.5, 0.6) is 0 Å². The van der Waals surface area contributed by atoms with Crippen LogP contribution < -0.4 is 5.32 Å². The third-order valence-electron chi connectivity index (χ3n) is 3.56. The normalized spacial score (nSPS) is 12.6. The molecule has 0 fully saturated rings. The Morgan fingerprint density at radius 2 is 1.04 bits per heavy atom. The van der Waals surface area contributed by atoms with Crippen LogP contribution in [0.2, 0.25) is 0 Å². The van der Waals surface area contributed by atoms with Crippen LogP contribution in [-0.2, 0) is 9.59 Å². The summed E-state index contributed by atoms with van der Waals surface area (Å²) in [6.07, 6.45) is 32.2. The number of hydrogen-bond acceptors (Lipinski definition) is 3. The molecule has 154 valence electrons. The number of rotatable bonds is 15. The van der Waals surface area contributed by atoms with Crippen LogP contribution in [0.4, 0.5) is 0 Å². The van der Waals surface area contributed by atoms with E-state index in [0.29, 0.717) is 6.42 Å². The van der Waals surface area contributed by atoms with Crippen molar-refractivity contribution in [1.82, 2.24) is 5.32 Å². The molecule has 0 atom stereocenters. The van der Waals surface area contributed by atoms with Gasteiger partial charge in [0.15, 0.2) is 0 Å². The first-order valence-electron chi connectivity index (χ1n) is 10.0. The van der Waals surface area contributed by atoms with Crippen molar-refractivity contribution >= 4 is 11.8 Å². The van der Waals surface area contributed by atoms with Crippen molar-refractivity contribution in [3.05, 3.63) is 72.9 Å². The molecule has 0 aromatic carbocycles. The molecule has 0 saturated carbocycles. The van der Waals surface area contributed by atoms with Crippen molar-refractivity contribution in [3.63, 3.8) is 0 Å². The fraction of sp³-hybridized carbons (Fsp3) is 0.417. The molecular weight excluding hydrogens is 350 g/mol. The zero-order chi connectivity index (χ0) is 20.7. The van der Waals surface area contributed by atoms with Crippen molar-refractivity contribution in [3.8, 4) is 0 Å². The van der Waals surface area contributed by atoms with Crippen LogP contribution in [0.3, 0.4) is 0 Å². The van der Waals surface area contributed by atoms with E-state index in [-0.39, 0.29) is 12.3 Å². The van der Waals surface area contributed by atoms with E-state index in [1.165, 1.54) is 0 Å². The van der Waals surface area contributed by atoms with Gasteiger partial charge in [-0.15, -0.1) is 0 Å². The molecule has 0 bridgehead atoms. The molecule has 0 heterocycles. The van der Waals surface area contributed by atoms with Gasteiger partial charge in [-0.2, -0.15) is 0 Å². The molecule has 28 heavy (non-hydrogen) atoms. The summed E-state index contributed by atoms with van der Waals surface area (Å²) < 4.78 is 0. The van der Waals surface area contributed by atoms with Gasteiger partial charge < -0.3 is 5.11 Å². The standard InChI is InChI=1S/C24H35NO3/c1-2-3-4-5-6-7-8-9-10-11-12-13-14-15-16-17-18-19-20-21-23(27)25-24(28)22-26/h3-4,6-7,9-10,12-13,15-16,18-19,26H,2,5,8,11,14,17,20-22H2,1H3,(H,25,27,28)/b4-3-,7-6-,10-9-,13-12-,16-15-,19-18-. The summed E-state index contributed by atoms with van der Waals surface area (Å²) in [6.45, 7) is 1.48. The van der Waals surface area contributed by atoms with Gasteiger partial charge in [-0.1, -0.05) is 79.8 Å². The Bertz CT molecular complexity index is 581. The monoisotopic (exact) mass is 385 g/mol. The number of aliphatic hydroxyl groups is 1. The summed E-state index contributed by atoms with van der Waals surface area (Å²) in [5.41, 5.74) is 0. The molecule has 0 aromatic heterocycles. The zero-order valence-electron chi connectivity index (χ0n) is 17.1. The molecule has 0 rings (SSSR count). The van der Waals surface area contributed by atoms with Crippen molar-refractivity contribution in [1.29, 1.82) is 0 Å². The lowest BCUT2D eigenvalue weighted by Gasteiger charge is -1.98. The van der Waals surface area contributed by atoms with Gasteiger partial charge in [0.25, 0.3) is 5.91 Å². The molecule has 0 aliphatic heterocycles. The predicted octanol–water partition coefficient (Wildman–Crippen LogP) is 5.10. The second-order valence-electron chi connectivity index (χ2n) is 6.08. The van der Waals surface area contributed by atoms with E-state index in [4.69, 9.17) is 5.11 Å². The van der Waals surface area contributed by atoms with Crippen LogP contribution in [-0.4, -0.2) is 23.5 Å². The first kappa shape index (κ1) is 25.5. The third-order valence-corrected chi connectivity index (χ3v) is 3.56. The molecule has 0 spiro atoms. The number of hydrogen-bond donors (Lipinski definition) is 2. The Labute approximate surface area is 170 Å². The highest BCUT2D eigenvalue weighted by Gasteiger charge is 2.04. The Hall–Kier alpha value is -2.46. The fourth-order valence-corrected chi connectivity index (χ4v) is 2.11. The Kier molecular flexibility index (Phi) is 19.0. The molecule has 4 heteroatoms. The Morgan fingerprint density at radius 3 is 1.43 bits per heavy atom. The maximum absolute atomic E-state index is 11.3. The number of aliphatic hydroxyl groups excluding tert-OH is 1. The Balaban J connectivity index is 3.60. The van der Waals surface area contributed by atoms with Gasteiger partial charge in [0, 0.05) is 6.42 Å². The van der Waals surface area contributed by atoms with E-state index in [1.807, 2.05) is 12.2 Å². The molecule has 0 aromatic rings. The molecule has 0 radical (unpaired) electrons. The summed E-state index contributed by atoms with van der Waals surface area (Å²) in [5, 5.41) is 10.6. The summed E-state index contributed by atoms with van der Waals surface area (Å²) in [5.74, 6) is -1.02. The van der Waals surface area contributed by atoms with Gasteiger partial charge in [0.05, 0.1) is 0 Å². The van der Waals surface area contributed by atoms with E-state index < -0.39 is 12.5 Å². The van der Waals surface area contributed by atoms with Crippen molar-refractivity contribution in [2.45, 2.75) is 58.3 Å². The highest BCUT2D eigenvalue weighted by Crippen LogP contribution is 1.97. The minimum absolute atomic E-state index is 0.244. The smallest absolute Gasteiger partial charge is 0.252 e. The van der Waals surface area contributed by atoms with Gasteiger partial charge in [0.2, 0.25) is 5.91 Å². The Morgan fingerprint density at radius 1 is 0.643 bits per heavy atom. The van der Waals surface area contributed by atoms with Crippen molar-refractivity contribution in [2.75, 3.05) is 6.61 Å². The minimum Gasteiger partial charge on any atom is -0.387 e. The molecule has 0 aliphatic carbocycles. The van der Waals surface area contributed by atoms with Crippen LogP contribution >= 0.6 is 0 Å². The summed E-state index contributed by atoms with van der Waals surface area (Å²) >= 11 is 0. The lowest BCUT2D eigenvalue weighted by molar-refractivity contribution is -0.132. The van der Waals surface area contributed by atoms with Crippen LogP contribution in [0.1, 0.15) is 58.3 Å². The number of carbonyl (C=O) groups is 2. The van der Waals surface area contributed by atoms with E-state index in [0.717, 1.165) is 38.5 Å². The first-order valence-corrected chi connectivity index (χ1v) is 10.0. The molecular formula is C24H35NO3. The van der Waals surface area contributed by atoms with Crippen LogP contribution in [0.25, 0.3) is 0 Å². The molecule has 0 saturated heterocycles. The molecule has 0 unspecified atom stereocenters. The molecule has 4 nitrogen and oxygen atoms in total. The highest BCUT2D eigenvalue weighted by atomic mass is 16.3. The van der Waals surface area contributed by atoms with Crippen LogP contribution in [0.15, 0.2) is 72.9 Å². The zero-order valence-corrected chi connectivity index (χ0v) is 17.1. The number of allylic oxidation sites excluding steroid dienone is 12. The molecule has 2 amide bonds. The number of carbonyl (C=O) groups excluding carboxylic acids is 2. The van der Waals surface area contributed by atoms with Crippen molar-refractivity contribution in [2.24, 2.45) is 0 Å². The van der Waals surface area contributed by atoms with Gasteiger partial charge in [-0.25, -0.2) is 0 Å². The fourth-order valence-electron chi connectivity index (χ4n) is 2.11. The predicted molar refractivity (Wildman–Crippen MR) is 118 cm³/mol. The molecule has 0 aliphatic rings. The summed E-state index contributed by atoms with van der Waals surface area (Å²) in [4.78, 5) is 22.1. The summed E-state index contributed by atoms with van der Waals surface area (Å²) in [7, 11) is 0. The second kappa shape index (κ2) is 20.8. The van der Waals surface area contributed by atoms with E-state index in [1.54, 1.807) is 0 Å². The van der Waals surface area contributed by atoms with E-state index in [2.05, 4.69) is 73.0 Å². The minimum atomic E-state index is -0.661. The third kappa shape index (κ3) is 19.9. The number of amides is 2. The largest absolute Gasteiger partial charge is 0.387 e. The SMILES string of the molecule is CC/C=C\C/C=C\C/C=C\C/C=C\C/C=C\C/C=C\CCC(=O)NC(=O)CO. The van der Waals surface area contributed by atoms with Gasteiger partial charge in [0.1, 0.15) is 6.61 Å². The average molecular weight is 386 g/mol. The second-order valence-corrected chi connectivity index (χ2v) is 6.08. The number of imide groups is 1. The van der Waals surface area contributed by atoms with Gasteiger partial charge >= 0.3 is 0 Å². The summed E-state index contributed by atoms with van der Waals surface area (Å²) in [6, 6.07) is 0. The maximum atomic E-state index is 11.3. The number of nitrogens with one attached hydrogen (secondary N) is 1. The first-order chi connectivity index (χ1) is 13.7.